The van der Waals surface area contributed by atoms with Crippen LogP contribution in [0.25, 0.3) is 0 Å². The van der Waals surface area contributed by atoms with E-state index >= 15 is 0 Å². The summed E-state index contributed by atoms with van der Waals surface area (Å²) in [7, 11) is -3.64. The van der Waals surface area contributed by atoms with E-state index in [-0.39, 0.29) is 25.3 Å². The Morgan fingerprint density at radius 1 is 1.56 bits per heavy atom. The molecule has 1 fully saturated rings. The van der Waals surface area contributed by atoms with Crippen molar-refractivity contribution in [2.75, 3.05) is 18.9 Å². The Balaban J connectivity index is 2.71. The molecule has 1 aliphatic heterocycles. The van der Waals surface area contributed by atoms with Crippen LogP contribution in [0.2, 0.25) is 0 Å². The van der Waals surface area contributed by atoms with E-state index in [2.05, 4.69) is 5.32 Å². The Morgan fingerprint density at radius 3 is 2.69 bits per heavy atom. The fourth-order valence-corrected chi connectivity index (χ4v) is 2.46. The molecule has 0 aliphatic carbocycles. The maximum absolute atomic E-state index is 13.6. The molecule has 0 unspecified atom stereocenters. The Hall–Kier alpha value is -0.310. The smallest absolute Gasteiger partial charge is 0.280 e. The van der Waals surface area contributed by atoms with Gasteiger partial charge < -0.3 is 10.4 Å². The number of aliphatic hydroxyl groups excluding tert-OH is 1. The van der Waals surface area contributed by atoms with Gasteiger partial charge in [0.15, 0.2) is 0 Å². The number of rotatable bonds is 5. The van der Waals surface area contributed by atoms with Gasteiger partial charge in [-0.05, 0) is 13.3 Å². The summed E-state index contributed by atoms with van der Waals surface area (Å²) in [5, 5.41) is 11.1. The summed E-state index contributed by atoms with van der Waals surface area (Å²) < 4.78 is 51.6. The third kappa shape index (κ3) is 2.88. The van der Waals surface area contributed by atoms with Gasteiger partial charge >= 0.3 is 0 Å². The number of sulfonamides is 1. The topological polar surface area (TPSA) is 78.4 Å². The van der Waals surface area contributed by atoms with Crippen LogP contribution in [0, 0.1) is 0 Å². The van der Waals surface area contributed by atoms with Gasteiger partial charge in [-0.1, -0.05) is 0 Å². The molecule has 5 nitrogen and oxygen atoms in total. The van der Waals surface area contributed by atoms with Gasteiger partial charge in [-0.25, -0.2) is 21.9 Å². The molecule has 0 aromatic heterocycles. The zero-order valence-electron chi connectivity index (χ0n) is 8.91. The van der Waals surface area contributed by atoms with E-state index in [0.717, 1.165) is 0 Å². The van der Waals surface area contributed by atoms with Crippen molar-refractivity contribution in [1.29, 1.82) is 0 Å². The summed E-state index contributed by atoms with van der Waals surface area (Å²) in [4.78, 5) is 0. The number of aliphatic hydroxyl groups is 1. The minimum absolute atomic E-state index is 0.0998. The molecule has 0 aromatic carbocycles. The summed E-state index contributed by atoms with van der Waals surface area (Å²) in [6, 6.07) is -2.61. The van der Waals surface area contributed by atoms with Crippen molar-refractivity contribution in [1.82, 2.24) is 10.0 Å². The number of nitrogens with one attached hydrogen (secondary N) is 2. The third-order valence-electron chi connectivity index (χ3n) is 2.62. The molecule has 2 atom stereocenters. The van der Waals surface area contributed by atoms with Crippen molar-refractivity contribution in [3.8, 4) is 0 Å². The van der Waals surface area contributed by atoms with Gasteiger partial charge in [0.2, 0.25) is 10.0 Å². The van der Waals surface area contributed by atoms with Crippen LogP contribution in [0.4, 0.5) is 8.78 Å². The molecule has 1 heterocycles. The highest BCUT2D eigenvalue weighted by Crippen LogP contribution is 2.30. The Kier molecular flexibility index (Phi) is 4.22. The van der Waals surface area contributed by atoms with Crippen LogP contribution in [0.1, 0.15) is 13.3 Å². The van der Waals surface area contributed by atoms with Crippen molar-refractivity contribution in [3.63, 3.8) is 0 Å². The van der Waals surface area contributed by atoms with Gasteiger partial charge in [0.1, 0.15) is 0 Å². The highest BCUT2D eigenvalue weighted by Gasteiger charge is 2.52. The number of alkyl halides is 2. The van der Waals surface area contributed by atoms with Crippen molar-refractivity contribution in [2.45, 2.75) is 31.4 Å². The molecule has 0 radical (unpaired) electrons. The second kappa shape index (κ2) is 4.91. The molecule has 0 amide bonds. The third-order valence-corrected chi connectivity index (χ3v) is 4.02. The first kappa shape index (κ1) is 13.8. The lowest BCUT2D eigenvalue weighted by molar-refractivity contribution is -0.0341. The molecule has 0 saturated carbocycles. The van der Waals surface area contributed by atoms with Crippen LogP contribution in [0.15, 0.2) is 0 Å². The van der Waals surface area contributed by atoms with Crippen LogP contribution in [-0.4, -0.2) is 50.4 Å². The molecule has 1 saturated heterocycles. The Morgan fingerprint density at radius 2 is 2.19 bits per heavy atom. The molecule has 0 aromatic rings. The van der Waals surface area contributed by atoms with Crippen molar-refractivity contribution >= 4 is 10.0 Å². The first-order chi connectivity index (χ1) is 7.33. The molecule has 1 aliphatic rings. The van der Waals surface area contributed by atoms with Gasteiger partial charge in [-0.2, -0.15) is 0 Å². The minimum atomic E-state index is -3.64. The summed E-state index contributed by atoms with van der Waals surface area (Å²) in [5.74, 6) is -3.41. The molecule has 0 bridgehead atoms. The van der Waals surface area contributed by atoms with Gasteiger partial charge in [0, 0.05) is 13.2 Å². The lowest BCUT2D eigenvalue weighted by Gasteiger charge is -2.23. The first-order valence-electron chi connectivity index (χ1n) is 5.05. The van der Waals surface area contributed by atoms with Crippen molar-refractivity contribution < 1.29 is 22.3 Å². The van der Waals surface area contributed by atoms with Gasteiger partial charge in [-0.3, -0.25) is 0 Å². The molecule has 8 heteroatoms. The summed E-state index contributed by atoms with van der Waals surface area (Å²) >= 11 is 0. The number of hydrogen-bond donors (Lipinski definition) is 3. The number of hydrogen-bond acceptors (Lipinski definition) is 4. The molecule has 0 spiro atoms. The fourth-order valence-electron chi connectivity index (χ4n) is 1.62. The largest absolute Gasteiger partial charge is 0.396 e. The second-order valence-electron chi connectivity index (χ2n) is 3.72. The zero-order valence-corrected chi connectivity index (χ0v) is 9.73. The van der Waals surface area contributed by atoms with Crippen LogP contribution in [0.5, 0.6) is 0 Å². The molecule has 16 heavy (non-hydrogen) atoms. The average Bonchev–Trinajstić information content (AvgIpc) is 2.45. The molecular formula is C8H16F2N2O3S. The van der Waals surface area contributed by atoms with E-state index in [0.29, 0.717) is 0 Å². The van der Waals surface area contributed by atoms with Crippen LogP contribution in [0.3, 0.4) is 0 Å². The molecule has 3 N–H and O–H groups in total. The first-order valence-corrected chi connectivity index (χ1v) is 6.70. The Labute approximate surface area is 93.3 Å². The van der Waals surface area contributed by atoms with Gasteiger partial charge in [0.25, 0.3) is 5.92 Å². The highest BCUT2D eigenvalue weighted by molar-refractivity contribution is 7.89. The normalized spacial score (nSPS) is 29.5. The lowest BCUT2D eigenvalue weighted by Crippen LogP contribution is -2.49. The minimum Gasteiger partial charge on any atom is -0.396 e. The van der Waals surface area contributed by atoms with Crippen molar-refractivity contribution in [3.05, 3.63) is 0 Å². The second-order valence-corrected chi connectivity index (χ2v) is 5.76. The van der Waals surface area contributed by atoms with Gasteiger partial charge in [0.05, 0.1) is 17.8 Å². The Bertz CT molecular complexity index is 334. The average molecular weight is 258 g/mol. The van der Waals surface area contributed by atoms with E-state index in [9.17, 15) is 17.2 Å². The van der Waals surface area contributed by atoms with Crippen molar-refractivity contribution in [2.24, 2.45) is 0 Å². The molecular weight excluding hydrogens is 242 g/mol. The highest BCUT2D eigenvalue weighted by atomic mass is 32.2. The maximum atomic E-state index is 13.6. The predicted octanol–water partition coefficient (Wildman–Crippen LogP) is -0.716. The summed E-state index contributed by atoms with van der Waals surface area (Å²) in [6.07, 6.45) is -0.0998. The van der Waals surface area contributed by atoms with E-state index in [1.807, 2.05) is 4.72 Å². The standard InChI is InChI=1S/C8H16F2N2O3S/c1-2-16(14,15)12-7-5-11-6(3-4-13)8(7,9)10/h6-7,11-13H,2-5H2,1H3/t6-,7-/m1/s1. The van der Waals surface area contributed by atoms with E-state index in [4.69, 9.17) is 5.11 Å². The SMILES string of the molecule is CCS(=O)(=O)N[C@@H]1CN[C@H](CCO)C1(F)F. The monoisotopic (exact) mass is 258 g/mol. The quantitative estimate of drug-likeness (QED) is 0.608. The van der Waals surface area contributed by atoms with Crippen LogP contribution in [-0.2, 0) is 10.0 Å². The fraction of sp³-hybridized carbons (Fsp3) is 1.00. The number of halogens is 2. The lowest BCUT2D eigenvalue weighted by atomic mass is 10.1. The van der Waals surface area contributed by atoms with E-state index in [1.54, 1.807) is 0 Å². The summed E-state index contributed by atoms with van der Waals surface area (Å²) in [6.45, 7) is 0.894. The molecule has 96 valence electrons. The van der Waals surface area contributed by atoms with E-state index < -0.39 is 28.0 Å². The summed E-state index contributed by atoms with van der Waals surface area (Å²) in [5.41, 5.74) is 0. The zero-order chi connectivity index (χ0) is 12.4. The predicted molar refractivity (Wildman–Crippen MR) is 54.8 cm³/mol. The maximum Gasteiger partial charge on any atom is 0.280 e. The van der Waals surface area contributed by atoms with Gasteiger partial charge in [-0.15, -0.1) is 0 Å². The van der Waals surface area contributed by atoms with E-state index in [1.165, 1.54) is 6.92 Å². The van der Waals surface area contributed by atoms with Crippen LogP contribution >= 0.6 is 0 Å². The molecule has 1 rings (SSSR count). The van der Waals surface area contributed by atoms with Crippen LogP contribution < -0.4 is 10.0 Å².